The van der Waals surface area contributed by atoms with Crippen LogP contribution < -0.4 is 5.73 Å². The molecule has 0 spiro atoms. The second-order valence-electron chi connectivity index (χ2n) is 1.92. The summed E-state index contributed by atoms with van der Waals surface area (Å²) in [4.78, 5) is 3.61. The lowest BCUT2D eigenvalue weighted by Crippen LogP contribution is -1.94. The topological polar surface area (TPSA) is 38.9 Å². The van der Waals surface area contributed by atoms with Crippen LogP contribution in [0.15, 0.2) is 16.7 Å². The number of rotatable bonds is 1. The number of pyridine rings is 1. The first-order valence-electron chi connectivity index (χ1n) is 2.81. The number of hydrogen-bond donors (Lipinski definition) is 1. The number of aromatic nitrogens is 1. The van der Waals surface area contributed by atoms with Gasteiger partial charge in [-0.1, -0.05) is 0 Å². The van der Waals surface area contributed by atoms with Gasteiger partial charge in [0.25, 0.3) is 6.43 Å². The third-order valence-electron chi connectivity index (χ3n) is 1.13. The summed E-state index contributed by atoms with van der Waals surface area (Å²) in [5.41, 5.74) is 5.10. The molecule has 0 bridgehead atoms. The van der Waals surface area contributed by atoms with Crippen molar-refractivity contribution in [3.05, 3.63) is 22.3 Å². The highest BCUT2D eigenvalue weighted by Crippen LogP contribution is 2.25. The van der Waals surface area contributed by atoms with Gasteiger partial charge in [0.15, 0.2) is 0 Å². The molecule has 0 atom stereocenters. The van der Waals surface area contributed by atoms with Gasteiger partial charge in [-0.05, 0) is 28.1 Å². The number of nitrogens with two attached hydrogens (primary N) is 1. The van der Waals surface area contributed by atoms with Gasteiger partial charge < -0.3 is 5.73 Å². The summed E-state index contributed by atoms with van der Waals surface area (Å²) < 4.78 is 24.2. The molecule has 1 aromatic heterocycles. The predicted molar refractivity (Wildman–Crippen MR) is 41.3 cm³/mol. The minimum absolute atomic E-state index is 0.104. The van der Waals surface area contributed by atoms with E-state index in [1.54, 1.807) is 0 Å². The molecule has 0 unspecified atom stereocenters. The highest BCUT2D eigenvalue weighted by Gasteiger charge is 2.11. The summed E-state index contributed by atoms with van der Waals surface area (Å²) in [6, 6.07) is 2.59. The minimum Gasteiger partial charge on any atom is -0.384 e. The molecule has 0 aliphatic heterocycles. The summed E-state index contributed by atoms with van der Waals surface area (Å²) in [6.45, 7) is 0. The minimum atomic E-state index is -2.52. The molecule has 11 heavy (non-hydrogen) atoms. The average molecular weight is 223 g/mol. The van der Waals surface area contributed by atoms with Gasteiger partial charge in [0.05, 0.1) is 5.56 Å². The van der Waals surface area contributed by atoms with E-state index in [4.69, 9.17) is 5.73 Å². The van der Waals surface area contributed by atoms with E-state index < -0.39 is 6.43 Å². The van der Waals surface area contributed by atoms with Crippen LogP contribution in [0.5, 0.6) is 0 Å². The zero-order chi connectivity index (χ0) is 8.43. The van der Waals surface area contributed by atoms with Crippen LogP contribution in [-0.4, -0.2) is 4.98 Å². The molecule has 1 aromatic rings. The quantitative estimate of drug-likeness (QED) is 0.742. The first-order chi connectivity index (χ1) is 5.11. The molecule has 0 saturated heterocycles. The molecule has 0 aliphatic carbocycles. The van der Waals surface area contributed by atoms with Crippen molar-refractivity contribution in [1.29, 1.82) is 0 Å². The van der Waals surface area contributed by atoms with Crippen LogP contribution in [0.25, 0.3) is 0 Å². The van der Waals surface area contributed by atoms with Gasteiger partial charge in [-0.2, -0.15) is 0 Å². The first-order valence-corrected chi connectivity index (χ1v) is 3.60. The highest BCUT2D eigenvalue weighted by atomic mass is 79.9. The standard InChI is InChI=1S/C6H5BrF2N2/c7-5-3(6(8)9)1-2-4(10)11-5/h1-2,6H,(H2,10,11). The maximum Gasteiger partial charge on any atom is 0.266 e. The summed E-state index contributed by atoms with van der Waals surface area (Å²) >= 11 is 2.88. The van der Waals surface area contributed by atoms with Gasteiger partial charge in [-0.25, -0.2) is 13.8 Å². The average Bonchev–Trinajstić information content (AvgIpc) is 1.85. The smallest absolute Gasteiger partial charge is 0.266 e. The Bertz CT molecular complexity index is 265. The second-order valence-corrected chi connectivity index (χ2v) is 2.67. The van der Waals surface area contributed by atoms with Gasteiger partial charge in [-0.15, -0.1) is 0 Å². The summed E-state index contributed by atoms with van der Waals surface area (Å²) in [6.07, 6.45) is -2.52. The lowest BCUT2D eigenvalue weighted by Gasteiger charge is -2.01. The molecule has 1 rings (SSSR count). The van der Waals surface area contributed by atoms with Gasteiger partial charge >= 0.3 is 0 Å². The number of halogens is 3. The van der Waals surface area contributed by atoms with E-state index in [-0.39, 0.29) is 16.0 Å². The Morgan fingerprint density at radius 1 is 1.45 bits per heavy atom. The van der Waals surface area contributed by atoms with E-state index in [0.29, 0.717) is 0 Å². The van der Waals surface area contributed by atoms with Crippen molar-refractivity contribution in [2.75, 3.05) is 5.73 Å². The largest absolute Gasteiger partial charge is 0.384 e. The number of nitrogens with zero attached hydrogens (tertiary/aromatic N) is 1. The van der Waals surface area contributed by atoms with Crippen LogP contribution in [0.3, 0.4) is 0 Å². The van der Waals surface area contributed by atoms with Crippen LogP contribution in [0.2, 0.25) is 0 Å². The van der Waals surface area contributed by atoms with Gasteiger partial charge in [-0.3, -0.25) is 0 Å². The van der Waals surface area contributed by atoms with Crippen molar-refractivity contribution < 1.29 is 8.78 Å². The molecule has 0 aliphatic rings. The fourth-order valence-corrected chi connectivity index (χ4v) is 1.13. The Morgan fingerprint density at radius 2 is 2.09 bits per heavy atom. The van der Waals surface area contributed by atoms with E-state index in [1.165, 1.54) is 12.1 Å². The highest BCUT2D eigenvalue weighted by molar-refractivity contribution is 9.10. The van der Waals surface area contributed by atoms with Crippen LogP contribution in [0.4, 0.5) is 14.6 Å². The van der Waals surface area contributed by atoms with Crippen molar-refractivity contribution in [2.45, 2.75) is 6.43 Å². The summed E-state index contributed by atoms with van der Waals surface area (Å²) in [5, 5.41) is 0. The number of hydrogen-bond acceptors (Lipinski definition) is 2. The Balaban J connectivity index is 3.09. The molecular formula is C6H5BrF2N2. The molecule has 2 N–H and O–H groups in total. The molecule has 0 amide bonds. The van der Waals surface area contributed by atoms with E-state index in [2.05, 4.69) is 20.9 Å². The lowest BCUT2D eigenvalue weighted by atomic mass is 10.3. The Hall–Kier alpha value is -0.710. The molecule has 5 heteroatoms. The molecule has 0 aromatic carbocycles. The Labute approximate surface area is 70.6 Å². The SMILES string of the molecule is Nc1ccc(C(F)F)c(Br)n1. The van der Waals surface area contributed by atoms with Crippen LogP contribution >= 0.6 is 15.9 Å². The Morgan fingerprint density at radius 3 is 2.55 bits per heavy atom. The fraction of sp³-hybridized carbons (Fsp3) is 0.167. The molecule has 60 valence electrons. The van der Waals surface area contributed by atoms with Gasteiger partial charge in [0, 0.05) is 0 Å². The van der Waals surface area contributed by atoms with Gasteiger partial charge in [0.2, 0.25) is 0 Å². The van der Waals surface area contributed by atoms with Crippen molar-refractivity contribution in [3.63, 3.8) is 0 Å². The molecule has 1 heterocycles. The van der Waals surface area contributed by atoms with E-state index >= 15 is 0 Å². The van der Waals surface area contributed by atoms with Crippen molar-refractivity contribution in [1.82, 2.24) is 4.98 Å². The van der Waals surface area contributed by atoms with Crippen molar-refractivity contribution >= 4 is 21.7 Å². The molecule has 2 nitrogen and oxygen atoms in total. The van der Waals surface area contributed by atoms with Crippen LogP contribution in [0.1, 0.15) is 12.0 Å². The zero-order valence-electron chi connectivity index (χ0n) is 5.39. The van der Waals surface area contributed by atoms with Crippen molar-refractivity contribution in [3.8, 4) is 0 Å². The number of anilines is 1. The molecule has 0 saturated carbocycles. The van der Waals surface area contributed by atoms with Crippen molar-refractivity contribution in [2.24, 2.45) is 0 Å². The van der Waals surface area contributed by atoms with Crippen LogP contribution in [-0.2, 0) is 0 Å². The predicted octanol–water partition coefficient (Wildman–Crippen LogP) is 2.36. The van der Waals surface area contributed by atoms with Crippen LogP contribution in [0, 0.1) is 0 Å². The normalized spacial score (nSPS) is 10.5. The molecular weight excluding hydrogens is 218 g/mol. The number of alkyl halides is 2. The third-order valence-corrected chi connectivity index (χ3v) is 1.77. The maximum absolute atomic E-state index is 12.0. The molecule has 0 fully saturated rings. The Kier molecular flexibility index (Phi) is 2.38. The van der Waals surface area contributed by atoms with Gasteiger partial charge in [0.1, 0.15) is 10.4 Å². The number of nitrogen functional groups attached to an aromatic ring is 1. The lowest BCUT2D eigenvalue weighted by molar-refractivity contribution is 0.150. The fourth-order valence-electron chi connectivity index (χ4n) is 0.622. The monoisotopic (exact) mass is 222 g/mol. The summed E-state index contributed by atoms with van der Waals surface area (Å²) in [7, 11) is 0. The maximum atomic E-state index is 12.0. The summed E-state index contributed by atoms with van der Waals surface area (Å²) in [5.74, 6) is 0.223. The zero-order valence-corrected chi connectivity index (χ0v) is 6.98. The van der Waals surface area contributed by atoms with E-state index in [0.717, 1.165) is 0 Å². The molecule has 0 radical (unpaired) electrons. The first kappa shape index (κ1) is 8.39. The third kappa shape index (κ3) is 1.86. The van der Waals surface area contributed by atoms with E-state index in [1.807, 2.05) is 0 Å². The second kappa shape index (κ2) is 3.13. The van der Waals surface area contributed by atoms with E-state index in [9.17, 15) is 8.78 Å².